The molecule has 1 aliphatic carbocycles. The molecular weight excluding hydrogens is 737 g/mol. The Hall–Kier alpha value is -7.68. The third kappa shape index (κ3) is 6.36. The molecule has 61 heavy (non-hydrogen) atoms. The first-order valence-corrected chi connectivity index (χ1v) is 21.1. The molecule has 9 aromatic carbocycles. The third-order valence-corrected chi connectivity index (χ3v) is 12.5. The summed E-state index contributed by atoms with van der Waals surface area (Å²) in [5.74, 6) is 0.695. The summed E-state index contributed by atoms with van der Waals surface area (Å²) >= 11 is 0. The molecule has 0 N–H and O–H groups in total. The molecule has 0 fully saturated rings. The first kappa shape index (κ1) is 36.4. The summed E-state index contributed by atoms with van der Waals surface area (Å²) in [7, 11) is 0. The smallest absolute Gasteiger partial charge is 0.160 e. The van der Waals surface area contributed by atoms with Crippen molar-refractivity contribution in [2.75, 3.05) is 0 Å². The Bertz CT molecular complexity index is 3260. The molecular formula is C59H42N2. The molecule has 2 heteroatoms. The monoisotopic (exact) mass is 778 g/mol. The molecule has 2 nitrogen and oxygen atoms in total. The van der Waals surface area contributed by atoms with E-state index in [9.17, 15) is 0 Å². The van der Waals surface area contributed by atoms with E-state index in [1.807, 2.05) is 6.07 Å². The Morgan fingerprint density at radius 3 is 1.54 bits per heavy atom. The van der Waals surface area contributed by atoms with E-state index in [0.29, 0.717) is 5.82 Å². The maximum absolute atomic E-state index is 5.33. The van der Waals surface area contributed by atoms with Gasteiger partial charge in [0.25, 0.3) is 0 Å². The number of fused-ring (bicyclic) bond motifs is 4. The minimum absolute atomic E-state index is 0.0540. The Labute approximate surface area is 357 Å². The molecule has 288 valence electrons. The molecule has 0 aliphatic heterocycles. The van der Waals surface area contributed by atoms with Crippen molar-refractivity contribution in [3.05, 3.63) is 230 Å². The van der Waals surface area contributed by atoms with Crippen LogP contribution in [0.5, 0.6) is 0 Å². The van der Waals surface area contributed by atoms with E-state index >= 15 is 0 Å². The van der Waals surface area contributed by atoms with Crippen LogP contribution in [0.4, 0.5) is 0 Å². The number of benzene rings is 9. The lowest BCUT2D eigenvalue weighted by atomic mass is 9.82. The van der Waals surface area contributed by atoms with Crippen LogP contribution in [0.2, 0.25) is 0 Å². The summed E-state index contributed by atoms with van der Waals surface area (Å²) in [5.41, 5.74) is 19.7. The second-order valence-corrected chi connectivity index (χ2v) is 16.5. The molecule has 0 bridgehead atoms. The number of hydrogen-bond acceptors (Lipinski definition) is 2. The zero-order valence-corrected chi connectivity index (χ0v) is 34.2. The van der Waals surface area contributed by atoms with E-state index in [1.165, 1.54) is 55.5 Å². The van der Waals surface area contributed by atoms with E-state index in [0.717, 1.165) is 50.2 Å². The van der Waals surface area contributed by atoms with Crippen LogP contribution < -0.4 is 0 Å². The Morgan fingerprint density at radius 2 is 0.803 bits per heavy atom. The standard InChI is InChI=1S/C59H42N2/c1-59(2)53-30-15-14-28-51(53)57-46(29-17-31-54(57)59)44-25-16-24-43(36-44)45-34-35-49(48-27-13-12-26-47(45)48)55-38-56(61-58(60-55)41-22-10-5-11-23-41)50-33-32-42(39-18-6-3-7-19-39)37-52(50)40-20-8-4-9-21-40/h3-38H,1-2H3. The van der Waals surface area contributed by atoms with E-state index in [1.54, 1.807) is 0 Å². The lowest BCUT2D eigenvalue weighted by Crippen LogP contribution is -2.14. The average molecular weight is 779 g/mol. The van der Waals surface area contributed by atoms with Crippen LogP contribution in [0.3, 0.4) is 0 Å². The molecule has 0 radical (unpaired) electrons. The highest BCUT2D eigenvalue weighted by Crippen LogP contribution is 2.52. The van der Waals surface area contributed by atoms with Crippen molar-refractivity contribution in [1.29, 1.82) is 0 Å². The van der Waals surface area contributed by atoms with Crippen molar-refractivity contribution in [3.8, 4) is 89.5 Å². The molecule has 0 amide bonds. The average Bonchev–Trinajstić information content (AvgIpc) is 3.57. The summed E-state index contributed by atoms with van der Waals surface area (Å²) in [6, 6.07) is 78.5. The molecule has 1 aliphatic rings. The Morgan fingerprint density at radius 1 is 0.295 bits per heavy atom. The molecule has 0 atom stereocenters. The topological polar surface area (TPSA) is 25.8 Å². The van der Waals surface area contributed by atoms with Gasteiger partial charge in [0.2, 0.25) is 0 Å². The van der Waals surface area contributed by atoms with Crippen molar-refractivity contribution in [3.63, 3.8) is 0 Å². The summed E-state index contributed by atoms with van der Waals surface area (Å²) in [5, 5.41) is 2.33. The van der Waals surface area contributed by atoms with Crippen molar-refractivity contribution in [2.45, 2.75) is 19.3 Å². The van der Waals surface area contributed by atoms with Gasteiger partial charge in [-0.05, 0) is 95.7 Å². The molecule has 0 saturated carbocycles. The third-order valence-electron chi connectivity index (χ3n) is 12.5. The van der Waals surface area contributed by atoms with Crippen LogP contribution >= 0.6 is 0 Å². The van der Waals surface area contributed by atoms with E-state index in [-0.39, 0.29) is 5.41 Å². The first-order valence-electron chi connectivity index (χ1n) is 21.1. The van der Waals surface area contributed by atoms with Gasteiger partial charge in [0.15, 0.2) is 5.82 Å². The molecule has 10 aromatic rings. The lowest BCUT2D eigenvalue weighted by Gasteiger charge is -2.21. The van der Waals surface area contributed by atoms with E-state index < -0.39 is 0 Å². The minimum Gasteiger partial charge on any atom is -0.228 e. The molecule has 1 aromatic heterocycles. The number of rotatable bonds is 7. The maximum Gasteiger partial charge on any atom is 0.160 e. The highest BCUT2D eigenvalue weighted by atomic mass is 14.9. The zero-order valence-electron chi connectivity index (χ0n) is 34.2. The predicted octanol–water partition coefficient (Wildman–Crippen LogP) is 15.6. The van der Waals surface area contributed by atoms with Gasteiger partial charge in [-0.25, -0.2) is 9.97 Å². The molecule has 0 spiro atoms. The van der Waals surface area contributed by atoms with Crippen LogP contribution in [0.25, 0.3) is 100 Å². The van der Waals surface area contributed by atoms with Gasteiger partial charge in [0.1, 0.15) is 0 Å². The van der Waals surface area contributed by atoms with E-state index in [2.05, 4.69) is 226 Å². The normalized spacial score (nSPS) is 12.6. The van der Waals surface area contributed by atoms with Gasteiger partial charge in [0, 0.05) is 22.1 Å². The Balaban J connectivity index is 1.07. The fourth-order valence-corrected chi connectivity index (χ4v) is 9.50. The van der Waals surface area contributed by atoms with Gasteiger partial charge >= 0.3 is 0 Å². The predicted molar refractivity (Wildman–Crippen MR) is 255 cm³/mol. The van der Waals surface area contributed by atoms with E-state index in [4.69, 9.17) is 9.97 Å². The summed E-state index contributed by atoms with van der Waals surface area (Å²) < 4.78 is 0. The second-order valence-electron chi connectivity index (χ2n) is 16.5. The van der Waals surface area contributed by atoms with Gasteiger partial charge in [-0.1, -0.05) is 214 Å². The van der Waals surface area contributed by atoms with Gasteiger partial charge < -0.3 is 0 Å². The van der Waals surface area contributed by atoms with Crippen LogP contribution in [0, 0.1) is 0 Å². The second kappa shape index (κ2) is 14.9. The van der Waals surface area contributed by atoms with Crippen LogP contribution in [-0.4, -0.2) is 9.97 Å². The fourth-order valence-electron chi connectivity index (χ4n) is 9.50. The quantitative estimate of drug-likeness (QED) is 0.161. The van der Waals surface area contributed by atoms with Gasteiger partial charge in [-0.15, -0.1) is 0 Å². The SMILES string of the molecule is CC1(C)c2ccccc2-c2c(-c3cccc(-c4ccc(-c5cc(-c6ccc(-c7ccccc7)cc6-c6ccccc6)nc(-c6ccccc6)n5)c5ccccc45)c3)cccc21. The largest absolute Gasteiger partial charge is 0.228 e. The molecule has 1 heterocycles. The number of aromatic nitrogens is 2. The van der Waals surface area contributed by atoms with Crippen molar-refractivity contribution >= 4 is 10.8 Å². The zero-order chi connectivity index (χ0) is 40.9. The highest BCUT2D eigenvalue weighted by molar-refractivity contribution is 6.05. The van der Waals surface area contributed by atoms with Gasteiger partial charge in [0.05, 0.1) is 11.4 Å². The fraction of sp³-hybridized carbons (Fsp3) is 0.0508. The first-order chi connectivity index (χ1) is 30.0. The number of hydrogen-bond donors (Lipinski definition) is 0. The van der Waals surface area contributed by atoms with Crippen molar-refractivity contribution < 1.29 is 0 Å². The molecule has 11 rings (SSSR count). The summed E-state index contributed by atoms with van der Waals surface area (Å²) in [4.78, 5) is 10.6. The van der Waals surface area contributed by atoms with Crippen LogP contribution in [0.15, 0.2) is 218 Å². The summed E-state index contributed by atoms with van der Waals surface area (Å²) in [6.07, 6.45) is 0. The van der Waals surface area contributed by atoms with Crippen LogP contribution in [0.1, 0.15) is 25.0 Å². The van der Waals surface area contributed by atoms with Crippen LogP contribution in [-0.2, 0) is 5.41 Å². The maximum atomic E-state index is 5.33. The summed E-state index contributed by atoms with van der Waals surface area (Å²) in [6.45, 7) is 4.69. The Kier molecular flexibility index (Phi) is 8.86. The lowest BCUT2D eigenvalue weighted by molar-refractivity contribution is 0.660. The molecule has 0 saturated heterocycles. The van der Waals surface area contributed by atoms with Gasteiger partial charge in [-0.2, -0.15) is 0 Å². The minimum atomic E-state index is -0.0540. The van der Waals surface area contributed by atoms with Crippen molar-refractivity contribution in [2.24, 2.45) is 0 Å². The molecule has 0 unspecified atom stereocenters. The number of nitrogens with zero attached hydrogens (tertiary/aromatic N) is 2. The van der Waals surface area contributed by atoms with Crippen molar-refractivity contribution in [1.82, 2.24) is 9.97 Å². The highest BCUT2D eigenvalue weighted by Gasteiger charge is 2.36. The van der Waals surface area contributed by atoms with Gasteiger partial charge in [-0.3, -0.25) is 0 Å².